The van der Waals surface area contributed by atoms with Crippen molar-refractivity contribution in [2.75, 3.05) is 12.4 Å². The predicted octanol–water partition coefficient (Wildman–Crippen LogP) is 5.90. The summed E-state index contributed by atoms with van der Waals surface area (Å²) in [4.78, 5) is 12.4. The normalized spacial score (nSPS) is 11.4. The molecule has 1 heterocycles. The molecule has 2 aromatic carbocycles. The van der Waals surface area contributed by atoms with E-state index in [0.717, 1.165) is 0 Å². The number of nitrogens with zero attached hydrogens (tertiary/aromatic N) is 2. The molecule has 7 nitrogen and oxygen atoms in total. The molecule has 0 bridgehead atoms. The largest absolute Gasteiger partial charge is 0.461 e. The van der Waals surface area contributed by atoms with Gasteiger partial charge in [0.15, 0.2) is 5.69 Å². The Bertz CT molecular complexity index is 1240. The van der Waals surface area contributed by atoms with E-state index < -0.39 is 16.1 Å². The van der Waals surface area contributed by atoms with Gasteiger partial charge in [-0.2, -0.15) is 13.5 Å². The van der Waals surface area contributed by atoms with E-state index in [1.807, 2.05) is 0 Å². The molecule has 170 valence electrons. The summed E-state index contributed by atoms with van der Waals surface area (Å²) < 4.78 is 36.0. The lowest BCUT2D eigenvalue weighted by Crippen LogP contribution is -2.12. The van der Waals surface area contributed by atoms with Gasteiger partial charge in [-0.3, -0.25) is 0 Å². The average molecular weight is 562 g/mol. The first-order chi connectivity index (χ1) is 15.2. The topological polar surface area (TPSA) is 87.5 Å². The third kappa shape index (κ3) is 5.46. The average Bonchev–Trinajstić information content (AvgIpc) is 3.05. The highest BCUT2D eigenvalue weighted by molar-refractivity contribution is 9.10. The van der Waals surface area contributed by atoms with Crippen LogP contribution in [-0.2, 0) is 14.9 Å². The van der Waals surface area contributed by atoms with Gasteiger partial charge >= 0.3 is 16.1 Å². The molecule has 1 aromatic heterocycles. The molecule has 0 aliphatic rings. The number of hydrogen-bond acceptors (Lipinski definition) is 6. The van der Waals surface area contributed by atoms with Gasteiger partial charge in [-0.25, -0.2) is 9.48 Å². The molecule has 32 heavy (non-hydrogen) atoms. The summed E-state index contributed by atoms with van der Waals surface area (Å²) in [5.74, 6) is -0.500. The number of ether oxygens (including phenoxy) is 1. The Hall–Kier alpha value is -2.07. The number of carbonyl (C=O) groups excluding carboxylic acids is 1. The Morgan fingerprint density at radius 2 is 1.81 bits per heavy atom. The van der Waals surface area contributed by atoms with Gasteiger partial charge in [0.2, 0.25) is 0 Å². The van der Waals surface area contributed by atoms with Gasteiger partial charge in [0.25, 0.3) is 0 Å². The van der Waals surface area contributed by atoms with Crippen LogP contribution < -0.4 is 4.18 Å². The lowest BCUT2D eigenvalue weighted by molar-refractivity contribution is 0.0518. The lowest BCUT2D eigenvalue weighted by atomic mass is 10.1. The van der Waals surface area contributed by atoms with Gasteiger partial charge in [-0.15, -0.1) is 0 Å². The monoisotopic (exact) mass is 560 g/mol. The molecule has 0 atom stereocenters. The number of carbonyl (C=O) groups is 1. The second kappa shape index (κ2) is 10.2. The molecule has 3 rings (SSSR count). The molecular formula is C21H19BrCl2N2O5S. The van der Waals surface area contributed by atoms with E-state index in [4.69, 9.17) is 32.1 Å². The number of rotatable bonds is 8. The molecule has 0 fully saturated rings. The van der Waals surface area contributed by atoms with Crippen molar-refractivity contribution in [1.82, 2.24) is 9.78 Å². The quantitative estimate of drug-likeness (QED) is 0.251. The Balaban J connectivity index is 2.11. The van der Waals surface area contributed by atoms with Crippen LogP contribution in [0.3, 0.4) is 0 Å². The van der Waals surface area contributed by atoms with Crippen molar-refractivity contribution in [3.8, 4) is 22.7 Å². The minimum Gasteiger partial charge on any atom is -0.461 e. The molecule has 0 saturated carbocycles. The molecular weight excluding hydrogens is 543 g/mol. The van der Waals surface area contributed by atoms with Crippen LogP contribution >= 0.6 is 39.1 Å². The fourth-order valence-electron chi connectivity index (χ4n) is 2.91. The number of benzene rings is 2. The van der Waals surface area contributed by atoms with Gasteiger partial charge in [-0.05, 0) is 71.7 Å². The SMILES string of the molecule is CCCS(=O)(=O)Oc1ccc(-c2c(Br)c(C(=O)OCC)nn2-c2ccc(Cl)cc2Cl)cc1. The lowest BCUT2D eigenvalue weighted by Gasteiger charge is -2.11. The van der Waals surface area contributed by atoms with Crippen LogP contribution in [0.15, 0.2) is 46.9 Å². The van der Waals surface area contributed by atoms with Crippen molar-refractivity contribution in [1.29, 1.82) is 0 Å². The predicted molar refractivity (Wildman–Crippen MR) is 127 cm³/mol. The van der Waals surface area contributed by atoms with Crippen LogP contribution in [0.2, 0.25) is 10.0 Å². The standard InChI is InChI=1S/C21H19BrCl2N2O5S/c1-3-11-32(28,29)31-15-8-5-13(6-9-15)20-18(22)19(21(27)30-4-2)25-26(20)17-10-7-14(23)12-16(17)24/h5-10,12H,3-4,11H2,1-2H3. The molecule has 0 aliphatic carbocycles. The Labute approximate surface area is 204 Å². The number of hydrogen-bond donors (Lipinski definition) is 0. The van der Waals surface area contributed by atoms with Gasteiger partial charge in [0.1, 0.15) is 5.75 Å². The zero-order valence-corrected chi connectivity index (χ0v) is 21.1. The van der Waals surface area contributed by atoms with E-state index in [-0.39, 0.29) is 23.8 Å². The highest BCUT2D eigenvalue weighted by Gasteiger charge is 2.25. The molecule has 0 spiro atoms. The molecule has 0 N–H and O–H groups in total. The van der Waals surface area contributed by atoms with E-state index in [1.54, 1.807) is 44.2 Å². The molecule has 0 saturated heterocycles. The van der Waals surface area contributed by atoms with E-state index in [1.165, 1.54) is 16.8 Å². The first-order valence-electron chi connectivity index (χ1n) is 9.60. The molecule has 0 unspecified atom stereocenters. The third-order valence-electron chi connectivity index (χ3n) is 4.24. The van der Waals surface area contributed by atoms with Crippen LogP contribution in [-0.4, -0.2) is 36.5 Å². The van der Waals surface area contributed by atoms with Crippen molar-refractivity contribution in [3.05, 3.63) is 62.7 Å². The van der Waals surface area contributed by atoms with E-state index in [2.05, 4.69) is 21.0 Å². The van der Waals surface area contributed by atoms with E-state index in [9.17, 15) is 13.2 Å². The summed E-state index contributed by atoms with van der Waals surface area (Å²) >= 11 is 15.9. The summed E-state index contributed by atoms with van der Waals surface area (Å²) in [6.45, 7) is 3.64. The smallest absolute Gasteiger partial charge is 0.360 e. The van der Waals surface area contributed by atoms with E-state index in [0.29, 0.717) is 37.9 Å². The second-order valence-electron chi connectivity index (χ2n) is 6.61. The van der Waals surface area contributed by atoms with Gasteiger partial charge < -0.3 is 8.92 Å². The molecule has 3 aromatic rings. The van der Waals surface area contributed by atoms with Gasteiger partial charge in [0, 0.05) is 10.6 Å². The highest BCUT2D eigenvalue weighted by Crippen LogP contribution is 2.37. The fraction of sp³-hybridized carbons (Fsp3) is 0.238. The number of halogens is 3. The van der Waals surface area contributed by atoms with E-state index >= 15 is 0 Å². The minimum atomic E-state index is -3.66. The second-order valence-corrected chi connectivity index (χ2v) is 9.94. The number of aromatic nitrogens is 2. The van der Waals surface area contributed by atoms with Crippen molar-refractivity contribution >= 4 is 55.2 Å². The molecule has 0 aliphatic heterocycles. The van der Waals surface area contributed by atoms with Gasteiger partial charge in [0.05, 0.1) is 33.2 Å². The highest BCUT2D eigenvalue weighted by atomic mass is 79.9. The number of esters is 1. The van der Waals surface area contributed by atoms with Crippen molar-refractivity contribution in [2.24, 2.45) is 0 Å². The Morgan fingerprint density at radius 3 is 2.41 bits per heavy atom. The first-order valence-corrected chi connectivity index (χ1v) is 12.7. The Kier molecular flexibility index (Phi) is 7.87. The summed E-state index contributed by atoms with van der Waals surface area (Å²) in [6, 6.07) is 11.3. The van der Waals surface area contributed by atoms with Gasteiger partial charge in [-0.1, -0.05) is 30.1 Å². The Morgan fingerprint density at radius 1 is 1.12 bits per heavy atom. The summed E-state index contributed by atoms with van der Waals surface area (Å²) in [5.41, 5.74) is 1.71. The maximum Gasteiger partial charge on any atom is 0.360 e. The summed E-state index contributed by atoms with van der Waals surface area (Å²) in [7, 11) is -3.66. The van der Waals surface area contributed by atoms with Crippen LogP contribution in [0, 0.1) is 0 Å². The molecule has 0 radical (unpaired) electrons. The molecule has 0 amide bonds. The van der Waals surface area contributed by atoms with Crippen LogP contribution in [0.1, 0.15) is 30.8 Å². The third-order valence-corrected chi connectivity index (χ3v) is 6.88. The maximum atomic E-state index is 12.4. The zero-order valence-electron chi connectivity index (χ0n) is 17.1. The van der Waals surface area contributed by atoms with Crippen LogP contribution in [0.4, 0.5) is 0 Å². The van der Waals surface area contributed by atoms with Crippen LogP contribution in [0.5, 0.6) is 5.75 Å². The minimum absolute atomic E-state index is 0.0683. The van der Waals surface area contributed by atoms with Crippen molar-refractivity contribution in [3.63, 3.8) is 0 Å². The molecule has 11 heteroatoms. The van der Waals surface area contributed by atoms with Crippen molar-refractivity contribution < 1.29 is 22.1 Å². The zero-order chi connectivity index (χ0) is 23.5. The maximum absolute atomic E-state index is 12.4. The van der Waals surface area contributed by atoms with Crippen LogP contribution in [0.25, 0.3) is 16.9 Å². The van der Waals surface area contributed by atoms with Crippen molar-refractivity contribution in [2.45, 2.75) is 20.3 Å². The summed E-state index contributed by atoms with van der Waals surface area (Å²) in [5, 5.41) is 5.19. The first kappa shape index (κ1) is 24.6. The fourth-order valence-corrected chi connectivity index (χ4v) is 5.03. The summed E-state index contributed by atoms with van der Waals surface area (Å²) in [6.07, 6.45) is 0.449.